The van der Waals surface area contributed by atoms with Gasteiger partial charge in [-0.15, -0.1) is 0 Å². The summed E-state index contributed by atoms with van der Waals surface area (Å²) >= 11 is 0. The molecule has 8 heteroatoms. The van der Waals surface area contributed by atoms with Crippen molar-refractivity contribution in [3.05, 3.63) is 35.4 Å². The molecule has 2 bridgehead atoms. The first-order valence-electron chi connectivity index (χ1n) is 8.42. The Bertz CT molecular complexity index is 594. The third-order valence-electron chi connectivity index (χ3n) is 4.65. The maximum Gasteiger partial charge on any atom is 0.490 e. The number of hydrogen-bond donors (Lipinski definition) is 1. The van der Waals surface area contributed by atoms with Crippen LogP contribution in [0.2, 0.25) is 0 Å². The normalized spacial score (nSPS) is 26.0. The van der Waals surface area contributed by atoms with Gasteiger partial charge in [0.25, 0.3) is 0 Å². The molecule has 0 spiro atoms. The summed E-state index contributed by atoms with van der Waals surface area (Å²) in [5, 5.41) is 7.12. The molecule has 2 aliphatic rings. The first-order valence-corrected chi connectivity index (χ1v) is 8.42. The van der Waals surface area contributed by atoms with Gasteiger partial charge in [-0.1, -0.05) is 29.8 Å². The van der Waals surface area contributed by atoms with Gasteiger partial charge in [0.1, 0.15) is 0 Å². The molecule has 26 heavy (non-hydrogen) atoms. The highest BCUT2D eigenvalue weighted by atomic mass is 19.4. The second-order valence-corrected chi connectivity index (χ2v) is 6.64. The van der Waals surface area contributed by atoms with Crippen molar-refractivity contribution < 1.29 is 32.5 Å². The molecule has 1 aromatic carbocycles. The van der Waals surface area contributed by atoms with Crippen molar-refractivity contribution in [3.63, 3.8) is 0 Å². The van der Waals surface area contributed by atoms with Gasteiger partial charge in [-0.3, -0.25) is 4.90 Å². The molecular weight excluding hydrogens is 351 g/mol. The topological polar surface area (TPSA) is 59.0 Å². The van der Waals surface area contributed by atoms with E-state index in [-0.39, 0.29) is 0 Å². The number of aryl methyl sites for hydroxylation is 1. The van der Waals surface area contributed by atoms with E-state index in [2.05, 4.69) is 36.1 Å². The number of carboxylic acids is 1. The van der Waals surface area contributed by atoms with E-state index in [0.717, 1.165) is 32.6 Å². The number of carbonyl (C=O) groups is 1. The van der Waals surface area contributed by atoms with Gasteiger partial charge in [0.2, 0.25) is 0 Å². The highest BCUT2D eigenvalue weighted by Crippen LogP contribution is 2.30. The number of nitrogens with zero attached hydrogens (tertiary/aromatic N) is 1. The highest BCUT2D eigenvalue weighted by molar-refractivity contribution is 5.73. The van der Waals surface area contributed by atoms with E-state index in [9.17, 15) is 13.2 Å². The molecule has 0 aliphatic carbocycles. The number of alkyl halides is 3. The first kappa shape index (κ1) is 20.7. The van der Waals surface area contributed by atoms with Gasteiger partial charge in [0, 0.05) is 25.7 Å². The monoisotopic (exact) mass is 375 g/mol. The molecule has 3 rings (SSSR count). The highest BCUT2D eigenvalue weighted by Gasteiger charge is 2.39. The number of hydrogen-bond acceptors (Lipinski definition) is 4. The predicted octanol–water partition coefficient (Wildman–Crippen LogP) is 3.01. The van der Waals surface area contributed by atoms with Crippen LogP contribution in [0.5, 0.6) is 0 Å². The molecule has 0 radical (unpaired) electrons. The number of carboxylic acid groups (broad SMARTS) is 1. The van der Waals surface area contributed by atoms with Gasteiger partial charge in [0.05, 0.1) is 19.3 Å². The van der Waals surface area contributed by atoms with Crippen molar-refractivity contribution in [2.75, 3.05) is 20.3 Å². The summed E-state index contributed by atoms with van der Waals surface area (Å²) < 4.78 is 43.0. The molecule has 1 N–H and O–H groups in total. The Labute approximate surface area is 150 Å². The van der Waals surface area contributed by atoms with Crippen LogP contribution in [0.3, 0.4) is 0 Å². The zero-order chi connectivity index (χ0) is 19.3. The average molecular weight is 375 g/mol. The number of methoxy groups -OCH3 is 1. The SMILES string of the molecule is COC1CC2COCC(C1)N2Cc1cccc(C)c1.O=C(O)C(F)(F)F. The fourth-order valence-electron chi connectivity index (χ4n) is 3.41. The number of piperidine rings is 1. The molecule has 0 aromatic heterocycles. The molecular formula is C18H24F3NO4. The summed E-state index contributed by atoms with van der Waals surface area (Å²) in [7, 11) is 1.83. The van der Waals surface area contributed by atoms with Crippen LogP contribution in [0.25, 0.3) is 0 Å². The minimum Gasteiger partial charge on any atom is -0.475 e. The van der Waals surface area contributed by atoms with Crippen molar-refractivity contribution in [2.24, 2.45) is 0 Å². The largest absolute Gasteiger partial charge is 0.490 e. The van der Waals surface area contributed by atoms with Gasteiger partial charge in [-0.05, 0) is 25.3 Å². The van der Waals surface area contributed by atoms with Crippen molar-refractivity contribution in [3.8, 4) is 0 Å². The lowest BCUT2D eigenvalue weighted by Crippen LogP contribution is -2.57. The molecule has 2 saturated heterocycles. The number of aliphatic carboxylic acids is 1. The summed E-state index contributed by atoms with van der Waals surface area (Å²) in [6, 6.07) is 9.85. The van der Waals surface area contributed by atoms with Gasteiger partial charge >= 0.3 is 12.1 Å². The fraction of sp³-hybridized carbons (Fsp3) is 0.611. The lowest BCUT2D eigenvalue weighted by molar-refractivity contribution is -0.192. The third kappa shape index (κ3) is 5.69. The van der Waals surface area contributed by atoms with Gasteiger partial charge in [0.15, 0.2) is 0 Å². The van der Waals surface area contributed by atoms with Crippen molar-refractivity contribution in [1.29, 1.82) is 0 Å². The van der Waals surface area contributed by atoms with E-state index in [4.69, 9.17) is 19.4 Å². The van der Waals surface area contributed by atoms with E-state index >= 15 is 0 Å². The Morgan fingerprint density at radius 3 is 2.35 bits per heavy atom. The third-order valence-corrected chi connectivity index (χ3v) is 4.65. The fourth-order valence-corrected chi connectivity index (χ4v) is 3.41. The smallest absolute Gasteiger partial charge is 0.475 e. The second-order valence-electron chi connectivity index (χ2n) is 6.64. The number of halogens is 3. The number of fused-ring (bicyclic) bond motifs is 2. The maximum atomic E-state index is 10.6. The Morgan fingerprint density at radius 2 is 1.88 bits per heavy atom. The van der Waals surface area contributed by atoms with E-state index in [0.29, 0.717) is 18.2 Å². The Kier molecular flexibility index (Phi) is 7.02. The predicted molar refractivity (Wildman–Crippen MR) is 88.8 cm³/mol. The zero-order valence-electron chi connectivity index (χ0n) is 14.8. The van der Waals surface area contributed by atoms with Gasteiger partial charge in [-0.25, -0.2) is 4.79 Å². The number of rotatable bonds is 3. The Balaban J connectivity index is 0.000000298. The number of morpholine rings is 1. The molecule has 2 heterocycles. The summed E-state index contributed by atoms with van der Waals surface area (Å²) in [6.45, 7) is 4.89. The van der Waals surface area contributed by atoms with Crippen molar-refractivity contribution in [1.82, 2.24) is 4.90 Å². The van der Waals surface area contributed by atoms with Crippen LogP contribution in [-0.4, -0.2) is 60.7 Å². The van der Waals surface area contributed by atoms with E-state index < -0.39 is 12.1 Å². The van der Waals surface area contributed by atoms with Crippen molar-refractivity contribution in [2.45, 2.75) is 50.7 Å². The summed E-state index contributed by atoms with van der Waals surface area (Å²) in [5.41, 5.74) is 2.75. The standard InChI is InChI=1S/C16H23NO2.C2HF3O2/c1-12-4-3-5-13(6-12)9-17-14-7-16(18-2)8-15(17)11-19-10-14;3-2(4,5)1(6)7/h3-6,14-16H,7-11H2,1-2H3;(H,6,7). The minimum absolute atomic E-state index is 0.410. The van der Waals surface area contributed by atoms with E-state index in [1.165, 1.54) is 11.1 Å². The summed E-state index contributed by atoms with van der Waals surface area (Å²) in [6.07, 6.45) is -2.48. The molecule has 2 aliphatic heterocycles. The molecule has 1 aromatic rings. The zero-order valence-corrected chi connectivity index (χ0v) is 14.8. The summed E-state index contributed by atoms with van der Waals surface area (Å²) in [4.78, 5) is 11.5. The van der Waals surface area contributed by atoms with Crippen LogP contribution in [0.15, 0.2) is 24.3 Å². The Morgan fingerprint density at radius 1 is 1.31 bits per heavy atom. The average Bonchev–Trinajstić information content (AvgIpc) is 2.54. The van der Waals surface area contributed by atoms with Crippen LogP contribution >= 0.6 is 0 Å². The number of benzene rings is 1. The van der Waals surface area contributed by atoms with E-state index in [1.54, 1.807) is 0 Å². The Hall–Kier alpha value is -1.64. The quantitative estimate of drug-likeness (QED) is 0.880. The molecule has 0 saturated carbocycles. The van der Waals surface area contributed by atoms with Crippen LogP contribution in [0, 0.1) is 6.92 Å². The number of ether oxygens (including phenoxy) is 2. The van der Waals surface area contributed by atoms with Crippen LogP contribution in [0.4, 0.5) is 13.2 Å². The maximum absolute atomic E-state index is 10.6. The van der Waals surface area contributed by atoms with E-state index in [1.807, 2.05) is 7.11 Å². The molecule has 2 fully saturated rings. The van der Waals surface area contributed by atoms with Gasteiger partial charge < -0.3 is 14.6 Å². The summed E-state index contributed by atoms with van der Waals surface area (Å²) in [5.74, 6) is -2.76. The second kappa shape index (κ2) is 8.83. The van der Waals surface area contributed by atoms with Gasteiger partial charge in [-0.2, -0.15) is 13.2 Å². The molecule has 2 unspecified atom stereocenters. The van der Waals surface area contributed by atoms with Crippen LogP contribution in [-0.2, 0) is 20.8 Å². The lowest BCUT2D eigenvalue weighted by Gasteiger charge is -2.48. The molecule has 0 amide bonds. The lowest BCUT2D eigenvalue weighted by atomic mass is 9.91. The first-order chi connectivity index (χ1) is 12.2. The van der Waals surface area contributed by atoms with Crippen LogP contribution in [0.1, 0.15) is 24.0 Å². The minimum atomic E-state index is -5.08. The molecule has 2 atom stereocenters. The van der Waals surface area contributed by atoms with Crippen molar-refractivity contribution >= 4 is 5.97 Å². The molecule has 5 nitrogen and oxygen atoms in total. The van der Waals surface area contributed by atoms with Crippen LogP contribution < -0.4 is 0 Å². The molecule has 146 valence electrons.